The molecule has 4 aromatic carbocycles. The van der Waals surface area contributed by atoms with E-state index in [0.29, 0.717) is 16.8 Å². The summed E-state index contributed by atoms with van der Waals surface area (Å²) in [6.45, 7) is 0. The number of aromatic amines is 1. The zero-order valence-corrected chi connectivity index (χ0v) is 22.6. The van der Waals surface area contributed by atoms with Crippen molar-refractivity contribution in [2.75, 3.05) is 7.11 Å². The van der Waals surface area contributed by atoms with E-state index in [0.717, 1.165) is 37.8 Å². The quantitative estimate of drug-likeness (QED) is 0.243. The van der Waals surface area contributed by atoms with E-state index in [2.05, 4.69) is 26.3 Å². The van der Waals surface area contributed by atoms with Gasteiger partial charge in [0.05, 0.1) is 24.4 Å². The van der Waals surface area contributed by atoms with Crippen LogP contribution in [0.5, 0.6) is 5.75 Å². The van der Waals surface area contributed by atoms with Crippen LogP contribution in [0.25, 0.3) is 27.7 Å². The van der Waals surface area contributed by atoms with Crippen LogP contribution in [0.2, 0.25) is 0 Å². The number of hydrogen-bond acceptors (Lipinski definition) is 4. The number of nitrogens with one attached hydrogen (secondary N) is 2. The number of methoxy groups -OCH3 is 1. The van der Waals surface area contributed by atoms with E-state index in [1.165, 1.54) is 0 Å². The molecule has 1 aliphatic heterocycles. The number of carbonyl (C=O) groups is 1. The smallest absolute Gasteiger partial charge is 0.273 e. The molecular weight excluding hydrogens is 554 g/mol. The van der Waals surface area contributed by atoms with Crippen molar-refractivity contribution < 1.29 is 9.53 Å². The lowest BCUT2D eigenvalue weighted by Crippen LogP contribution is -2.40. The minimum absolute atomic E-state index is 0.205. The molecule has 1 atom stereocenters. The normalized spacial score (nSPS) is 14.7. The second kappa shape index (κ2) is 10.3. The fourth-order valence-corrected chi connectivity index (χ4v) is 5.34. The van der Waals surface area contributed by atoms with E-state index < -0.39 is 6.04 Å². The van der Waals surface area contributed by atoms with E-state index in [1.54, 1.807) is 24.3 Å². The lowest BCUT2D eigenvalue weighted by molar-refractivity contribution is 0.0672. The molecule has 0 aliphatic carbocycles. The standard InChI is InChI=1S/C32H24BrN3O3/c1-39-24-15-12-20(13-16-24)28-19-27(35-36(28)32(38)22-10-6-3-7-11-22)30-29(21-8-4-2-5-9-21)25-18-23(33)14-17-26(25)34-31(30)37/h2-19,28,35H,1H3,(H,34,37)/t28-/m0/s1. The van der Waals surface area contributed by atoms with Gasteiger partial charge < -0.3 is 9.72 Å². The van der Waals surface area contributed by atoms with Gasteiger partial charge in [0.25, 0.3) is 11.5 Å². The Hall–Kier alpha value is -4.62. The molecule has 0 radical (unpaired) electrons. The fourth-order valence-electron chi connectivity index (χ4n) is 4.98. The van der Waals surface area contributed by atoms with E-state index in [9.17, 15) is 9.59 Å². The molecule has 0 bridgehead atoms. The molecule has 2 heterocycles. The van der Waals surface area contributed by atoms with Crippen LogP contribution >= 0.6 is 15.9 Å². The Kier molecular flexibility index (Phi) is 6.50. The molecule has 39 heavy (non-hydrogen) atoms. The summed E-state index contributed by atoms with van der Waals surface area (Å²) in [5.41, 5.74) is 7.91. The summed E-state index contributed by atoms with van der Waals surface area (Å²) in [6.07, 6.45) is 1.93. The molecule has 2 N–H and O–H groups in total. The van der Waals surface area contributed by atoms with Crippen molar-refractivity contribution in [3.8, 4) is 16.9 Å². The lowest BCUT2D eigenvalue weighted by Gasteiger charge is -2.26. The first-order valence-corrected chi connectivity index (χ1v) is 13.2. The lowest BCUT2D eigenvalue weighted by atomic mass is 9.94. The van der Waals surface area contributed by atoms with Crippen LogP contribution in [0.4, 0.5) is 0 Å². The van der Waals surface area contributed by atoms with Crippen LogP contribution in [0, 0.1) is 0 Å². The summed E-state index contributed by atoms with van der Waals surface area (Å²) in [5.74, 6) is 0.515. The first-order valence-electron chi connectivity index (χ1n) is 12.5. The van der Waals surface area contributed by atoms with Crippen LogP contribution in [-0.4, -0.2) is 23.0 Å². The molecule has 7 heteroatoms. The highest BCUT2D eigenvalue weighted by atomic mass is 79.9. The van der Waals surface area contributed by atoms with Crippen molar-refractivity contribution >= 4 is 38.4 Å². The SMILES string of the molecule is COc1ccc([C@@H]2C=C(c3c(-c4ccccc4)c4cc(Br)ccc4[nH]c3=O)NN2C(=O)c2ccccc2)cc1. The molecular formula is C32H24BrN3O3. The van der Waals surface area contributed by atoms with Crippen LogP contribution < -0.4 is 15.7 Å². The summed E-state index contributed by atoms with van der Waals surface area (Å²) in [4.78, 5) is 30.5. The second-order valence-electron chi connectivity index (χ2n) is 9.21. The minimum Gasteiger partial charge on any atom is -0.497 e. The van der Waals surface area contributed by atoms with Gasteiger partial charge in [-0.25, -0.2) is 5.01 Å². The highest BCUT2D eigenvalue weighted by Gasteiger charge is 2.33. The van der Waals surface area contributed by atoms with Crippen LogP contribution in [0.1, 0.15) is 27.5 Å². The average Bonchev–Trinajstić information content (AvgIpc) is 3.42. The monoisotopic (exact) mass is 577 g/mol. The third-order valence-electron chi connectivity index (χ3n) is 6.85. The Morgan fingerprint density at radius 1 is 0.872 bits per heavy atom. The number of amides is 1. The topological polar surface area (TPSA) is 74.4 Å². The summed E-state index contributed by atoms with van der Waals surface area (Å²) < 4.78 is 6.23. The van der Waals surface area contributed by atoms with Gasteiger partial charge in [-0.05, 0) is 59.7 Å². The number of rotatable bonds is 5. The van der Waals surface area contributed by atoms with Crippen molar-refractivity contribution in [1.82, 2.24) is 15.4 Å². The molecule has 1 amide bonds. The van der Waals surface area contributed by atoms with Gasteiger partial charge in [0.1, 0.15) is 5.75 Å². The Balaban J connectivity index is 1.56. The third kappa shape index (κ3) is 4.62. The van der Waals surface area contributed by atoms with Gasteiger partial charge >= 0.3 is 0 Å². The molecule has 0 fully saturated rings. The molecule has 1 aromatic heterocycles. The summed E-state index contributed by atoms with van der Waals surface area (Å²) in [6, 6.07) is 31.8. The largest absolute Gasteiger partial charge is 0.497 e. The Labute approximate surface area is 233 Å². The number of benzene rings is 4. The van der Waals surface area contributed by atoms with Crippen LogP contribution in [0.15, 0.2) is 118 Å². The zero-order chi connectivity index (χ0) is 26.9. The number of carbonyl (C=O) groups excluding carboxylic acids is 1. The minimum atomic E-state index is -0.458. The maximum absolute atomic E-state index is 13.7. The molecule has 6 rings (SSSR count). The summed E-state index contributed by atoms with van der Waals surface area (Å²) in [7, 11) is 1.62. The Morgan fingerprint density at radius 2 is 1.56 bits per heavy atom. The van der Waals surface area contributed by atoms with Gasteiger partial charge in [0.15, 0.2) is 0 Å². The van der Waals surface area contributed by atoms with E-state index in [4.69, 9.17) is 4.74 Å². The molecule has 192 valence electrons. The number of halogens is 1. The zero-order valence-electron chi connectivity index (χ0n) is 21.0. The van der Waals surface area contributed by atoms with Crippen molar-refractivity contribution in [3.63, 3.8) is 0 Å². The van der Waals surface area contributed by atoms with Gasteiger partial charge in [-0.3, -0.25) is 15.0 Å². The van der Waals surface area contributed by atoms with Gasteiger partial charge in [0, 0.05) is 26.5 Å². The Morgan fingerprint density at radius 3 is 2.26 bits per heavy atom. The van der Waals surface area contributed by atoms with Crippen LogP contribution in [0.3, 0.4) is 0 Å². The molecule has 0 spiro atoms. The van der Waals surface area contributed by atoms with Crippen molar-refractivity contribution in [2.45, 2.75) is 6.04 Å². The van der Waals surface area contributed by atoms with E-state index in [1.807, 2.05) is 97.1 Å². The number of fused-ring (bicyclic) bond motifs is 1. The molecule has 0 saturated heterocycles. The maximum Gasteiger partial charge on any atom is 0.273 e. The number of nitrogens with zero attached hydrogens (tertiary/aromatic N) is 1. The van der Waals surface area contributed by atoms with Gasteiger partial charge in [-0.15, -0.1) is 0 Å². The Bertz CT molecular complexity index is 1760. The third-order valence-corrected chi connectivity index (χ3v) is 7.34. The van der Waals surface area contributed by atoms with Gasteiger partial charge in [-0.1, -0.05) is 76.6 Å². The molecule has 5 aromatic rings. The predicted molar refractivity (Wildman–Crippen MR) is 157 cm³/mol. The second-order valence-corrected chi connectivity index (χ2v) is 10.1. The van der Waals surface area contributed by atoms with Crippen molar-refractivity contribution in [3.05, 3.63) is 141 Å². The molecule has 0 saturated carbocycles. The number of hydrazine groups is 1. The first kappa shape index (κ1) is 24.7. The fraction of sp³-hybridized carbons (Fsp3) is 0.0625. The van der Waals surface area contributed by atoms with Gasteiger partial charge in [0.2, 0.25) is 0 Å². The average molecular weight is 578 g/mol. The number of pyridine rings is 1. The predicted octanol–water partition coefficient (Wildman–Crippen LogP) is 6.71. The summed E-state index contributed by atoms with van der Waals surface area (Å²) >= 11 is 3.59. The first-order chi connectivity index (χ1) is 19.0. The van der Waals surface area contributed by atoms with Crippen LogP contribution in [-0.2, 0) is 0 Å². The maximum atomic E-state index is 13.7. The number of hydrogen-bond donors (Lipinski definition) is 2. The number of aromatic nitrogens is 1. The number of H-pyrrole nitrogens is 1. The molecule has 6 nitrogen and oxygen atoms in total. The summed E-state index contributed by atoms with van der Waals surface area (Å²) in [5, 5.41) is 2.47. The molecule has 1 aliphatic rings. The van der Waals surface area contributed by atoms with Crippen molar-refractivity contribution in [2.24, 2.45) is 0 Å². The highest BCUT2D eigenvalue weighted by molar-refractivity contribution is 9.10. The van der Waals surface area contributed by atoms with Gasteiger partial charge in [-0.2, -0.15) is 0 Å². The van der Waals surface area contributed by atoms with E-state index >= 15 is 0 Å². The molecule has 0 unspecified atom stereocenters. The number of ether oxygens (including phenoxy) is 1. The van der Waals surface area contributed by atoms with Crippen molar-refractivity contribution in [1.29, 1.82) is 0 Å². The highest BCUT2D eigenvalue weighted by Crippen LogP contribution is 2.38. The van der Waals surface area contributed by atoms with E-state index in [-0.39, 0.29) is 11.5 Å².